The van der Waals surface area contributed by atoms with Crippen LogP contribution in [0.15, 0.2) is 24.4 Å². The molecule has 1 aromatic heterocycles. The van der Waals surface area contributed by atoms with Crippen LogP contribution in [0, 0.1) is 6.92 Å². The number of nitrogen functional groups attached to an aromatic ring is 1. The highest BCUT2D eigenvalue weighted by Gasteiger charge is 1.98. The van der Waals surface area contributed by atoms with Crippen molar-refractivity contribution in [1.29, 1.82) is 0 Å². The van der Waals surface area contributed by atoms with Crippen LogP contribution in [0.2, 0.25) is 0 Å². The van der Waals surface area contributed by atoms with E-state index in [0.717, 1.165) is 11.2 Å². The van der Waals surface area contributed by atoms with Crippen LogP contribution in [0.5, 0.6) is 0 Å². The first kappa shape index (κ1) is 6.28. The molecule has 1 aromatic carbocycles. The summed E-state index contributed by atoms with van der Waals surface area (Å²) in [7, 11) is 0. The number of hydrogen-bond acceptors (Lipinski definition) is 1. The minimum atomic E-state index is 0.824. The van der Waals surface area contributed by atoms with Crippen LogP contribution in [0.3, 0.4) is 0 Å². The maximum absolute atomic E-state index is 5.77. The molecule has 0 aliphatic rings. The summed E-state index contributed by atoms with van der Waals surface area (Å²) in [6.45, 7) is 2.04. The van der Waals surface area contributed by atoms with Crippen molar-refractivity contribution < 1.29 is 0 Å². The van der Waals surface area contributed by atoms with Gasteiger partial charge in [-0.25, -0.2) is 0 Å². The largest absolute Gasteiger partial charge is 0.397 e. The van der Waals surface area contributed by atoms with E-state index in [-0.39, 0.29) is 0 Å². The molecule has 56 valence electrons. The molecule has 3 N–H and O–H groups in total. The van der Waals surface area contributed by atoms with E-state index in [0.29, 0.717) is 0 Å². The van der Waals surface area contributed by atoms with Crippen LogP contribution in [0.25, 0.3) is 10.9 Å². The lowest BCUT2D eigenvalue weighted by atomic mass is 10.1. The molecule has 0 saturated heterocycles. The van der Waals surface area contributed by atoms with Crippen molar-refractivity contribution >= 4 is 16.6 Å². The van der Waals surface area contributed by atoms with Gasteiger partial charge in [-0.2, -0.15) is 0 Å². The molecular formula is C9H10N2. The predicted molar refractivity (Wildman–Crippen MR) is 47.4 cm³/mol. The Kier molecular flexibility index (Phi) is 1.15. The van der Waals surface area contributed by atoms with Crippen molar-refractivity contribution in [2.75, 3.05) is 5.73 Å². The van der Waals surface area contributed by atoms with E-state index in [4.69, 9.17) is 5.73 Å². The van der Waals surface area contributed by atoms with Gasteiger partial charge in [0, 0.05) is 11.6 Å². The Morgan fingerprint density at radius 2 is 2.18 bits per heavy atom. The summed E-state index contributed by atoms with van der Waals surface area (Å²) >= 11 is 0. The first-order chi connectivity index (χ1) is 5.27. The van der Waals surface area contributed by atoms with Gasteiger partial charge < -0.3 is 10.7 Å². The molecule has 0 amide bonds. The van der Waals surface area contributed by atoms with Crippen molar-refractivity contribution in [3.63, 3.8) is 0 Å². The molecule has 0 aliphatic carbocycles. The molecule has 1 heterocycles. The van der Waals surface area contributed by atoms with Crippen molar-refractivity contribution in [2.45, 2.75) is 6.92 Å². The smallest absolute Gasteiger partial charge is 0.0687 e. The molecule has 2 rings (SSSR count). The van der Waals surface area contributed by atoms with E-state index in [9.17, 15) is 0 Å². The van der Waals surface area contributed by atoms with Gasteiger partial charge in [0.25, 0.3) is 0 Å². The minimum Gasteiger partial charge on any atom is -0.397 e. The summed E-state index contributed by atoms with van der Waals surface area (Å²) < 4.78 is 0. The van der Waals surface area contributed by atoms with Crippen LogP contribution in [0.1, 0.15) is 5.56 Å². The van der Waals surface area contributed by atoms with Gasteiger partial charge in [-0.3, -0.25) is 0 Å². The third-order valence-electron chi connectivity index (χ3n) is 1.83. The molecule has 0 aliphatic heterocycles. The molecule has 2 aromatic rings. The number of nitrogens with one attached hydrogen (secondary N) is 1. The van der Waals surface area contributed by atoms with Gasteiger partial charge in [0.05, 0.1) is 11.2 Å². The Morgan fingerprint density at radius 3 is 3.00 bits per heavy atom. The highest BCUT2D eigenvalue weighted by Crippen LogP contribution is 2.20. The molecule has 0 unspecified atom stereocenters. The monoisotopic (exact) mass is 146 g/mol. The molecule has 0 atom stereocenters. The molecule has 2 nitrogen and oxygen atoms in total. The number of nitrogens with two attached hydrogens (primary N) is 1. The Bertz CT molecular complexity index is 387. The van der Waals surface area contributed by atoms with E-state index in [2.05, 4.69) is 11.1 Å². The number of H-pyrrole nitrogens is 1. The van der Waals surface area contributed by atoms with Crippen molar-refractivity contribution in [3.8, 4) is 0 Å². The number of aromatic nitrogens is 1. The van der Waals surface area contributed by atoms with Gasteiger partial charge in [0.2, 0.25) is 0 Å². The lowest BCUT2D eigenvalue weighted by molar-refractivity contribution is 1.46. The summed E-state index contributed by atoms with van der Waals surface area (Å²) in [5, 5.41) is 1.18. The van der Waals surface area contributed by atoms with Gasteiger partial charge >= 0.3 is 0 Å². The lowest BCUT2D eigenvalue weighted by Gasteiger charge is -1.97. The number of aromatic amines is 1. The van der Waals surface area contributed by atoms with Gasteiger partial charge in [-0.05, 0) is 30.7 Å². The third-order valence-corrected chi connectivity index (χ3v) is 1.83. The number of anilines is 1. The van der Waals surface area contributed by atoms with Crippen LogP contribution >= 0.6 is 0 Å². The Labute approximate surface area is 65.0 Å². The summed E-state index contributed by atoms with van der Waals surface area (Å²) in [6, 6.07) is 6.11. The Morgan fingerprint density at radius 1 is 1.36 bits per heavy atom. The van der Waals surface area contributed by atoms with E-state index in [1.165, 1.54) is 10.9 Å². The molecule has 0 spiro atoms. The fourth-order valence-electron chi connectivity index (χ4n) is 1.36. The lowest BCUT2D eigenvalue weighted by Crippen LogP contribution is -1.86. The highest BCUT2D eigenvalue weighted by molar-refractivity contribution is 5.90. The highest BCUT2D eigenvalue weighted by atomic mass is 14.7. The summed E-state index contributed by atoms with van der Waals surface area (Å²) in [6.07, 6.45) is 1.90. The van der Waals surface area contributed by atoms with E-state index in [1.54, 1.807) is 0 Å². The van der Waals surface area contributed by atoms with Gasteiger partial charge in [0.15, 0.2) is 0 Å². The second-order valence-corrected chi connectivity index (χ2v) is 2.80. The van der Waals surface area contributed by atoms with Crippen LogP contribution in [-0.4, -0.2) is 4.98 Å². The third kappa shape index (κ3) is 0.871. The number of benzene rings is 1. The van der Waals surface area contributed by atoms with E-state index < -0.39 is 0 Å². The quantitative estimate of drug-likeness (QED) is 0.549. The average Bonchev–Trinajstić information content (AvgIpc) is 2.34. The topological polar surface area (TPSA) is 41.8 Å². The Balaban J connectivity index is 2.91. The van der Waals surface area contributed by atoms with Crippen molar-refractivity contribution in [1.82, 2.24) is 4.98 Å². The second kappa shape index (κ2) is 2.02. The summed E-state index contributed by atoms with van der Waals surface area (Å²) in [4.78, 5) is 3.09. The first-order valence-electron chi connectivity index (χ1n) is 3.60. The maximum Gasteiger partial charge on any atom is 0.0687 e. The standard InChI is InChI=1S/C9H10N2/c1-6-4-7-2-3-11-9(7)8(10)5-6/h2-5,11H,10H2,1H3. The molecule has 0 radical (unpaired) electrons. The molecule has 0 bridgehead atoms. The van der Waals surface area contributed by atoms with Crippen LogP contribution in [0.4, 0.5) is 5.69 Å². The fraction of sp³-hybridized carbons (Fsp3) is 0.111. The normalized spacial score (nSPS) is 10.6. The van der Waals surface area contributed by atoms with Crippen LogP contribution < -0.4 is 5.73 Å². The summed E-state index contributed by atoms with van der Waals surface area (Å²) in [5.41, 5.74) is 8.84. The SMILES string of the molecule is Cc1cc(N)c2[nH]ccc2c1. The van der Waals surface area contributed by atoms with Crippen LogP contribution in [-0.2, 0) is 0 Å². The second-order valence-electron chi connectivity index (χ2n) is 2.80. The van der Waals surface area contributed by atoms with Gasteiger partial charge in [-0.15, -0.1) is 0 Å². The zero-order chi connectivity index (χ0) is 7.84. The minimum absolute atomic E-state index is 0.824. The molecular weight excluding hydrogens is 136 g/mol. The number of fused-ring (bicyclic) bond motifs is 1. The van der Waals surface area contributed by atoms with E-state index in [1.807, 2.05) is 25.3 Å². The number of aryl methyl sites for hydroxylation is 1. The zero-order valence-electron chi connectivity index (χ0n) is 6.39. The zero-order valence-corrected chi connectivity index (χ0v) is 6.39. The fourth-order valence-corrected chi connectivity index (χ4v) is 1.36. The maximum atomic E-state index is 5.77. The molecule has 0 fully saturated rings. The predicted octanol–water partition coefficient (Wildman–Crippen LogP) is 2.06. The van der Waals surface area contributed by atoms with Gasteiger partial charge in [0.1, 0.15) is 0 Å². The summed E-state index contributed by atoms with van der Waals surface area (Å²) in [5.74, 6) is 0. The Hall–Kier alpha value is -1.44. The first-order valence-corrected chi connectivity index (χ1v) is 3.60. The molecule has 0 saturated carbocycles. The molecule has 11 heavy (non-hydrogen) atoms. The van der Waals surface area contributed by atoms with E-state index >= 15 is 0 Å². The number of hydrogen-bond donors (Lipinski definition) is 2. The van der Waals surface area contributed by atoms with Crippen molar-refractivity contribution in [2.24, 2.45) is 0 Å². The van der Waals surface area contributed by atoms with Crippen molar-refractivity contribution in [3.05, 3.63) is 30.0 Å². The molecule has 2 heteroatoms. The van der Waals surface area contributed by atoms with Gasteiger partial charge in [-0.1, -0.05) is 0 Å². The average molecular weight is 146 g/mol. The number of rotatable bonds is 0.